The van der Waals surface area contributed by atoms with E-state index in [9.17, 15) is 9.59 Å². The Morgan fingerprint density at radius 2 is 1.94 bits per heavy atom. The topological polar surface area (TPSA) is 95.3 Å². The summed E-state index contributed by atoms with van der Waals surface area (Å²) < 4.78 is 12.8. The summed E-state index contributed by atoms with van der Waals surface area (Å²) in [5.41, 5.74) is 2.76. The van der Waals surface area contributed by atoms with E-state index < -0.39 is 5.97 Å². The van der Waals surface area contributed by atoms with E-state index in [2.05, 4.69) is 22.4 Å². The molecule has 0 radical (unpaired) electrons. The lowest BCUT2D eigenvalue weighted by atomic mass is 10.1. The van der Waals surface area contributed by atoms with Gasteiger partial charge in [-0.15, -0.1) is 21.5 Å². The first-order chi connectivity index (χ1) is 15.8. The Morgan fingerprint density at radius 1 is 1.15 bits per heavy atom. The van der Waals surface area contributed by atoms with Gasteiger partial charge in [-0.1, -0.05) is 24.8 Å². The molecule has 0 spiro atoms. The van der Waals surface area contributed by atoms with Gasteiger partial charge in [0.05, 0.1) is 17.9 Å². The number of rotatable bonds is 10. The number of aromatic nitrogens is 3. The number of carbonyl (C=O) groups excluding carboxylic acids is 2. The maximum atomic E-state index is 12.5. The van der Waals surface area contributed by atoms with Gasteiger partial charge in [-0.25, -0.2) is 4.79 Å². The van der Waals surface area contributed by atoms with Crippen LogP contribution in [0.25, 0.3) is 0 Å². The van der Waals surface area contributed by atoms with Crippen LogP contribution >= 0.6 is 23.1 Å². The molecule has 0 aliphatic heterocycles. The van der Waals surface area contributed by atoms with Gasteiger partial charge in [0.15, 0.2) is 11.0 Å². The third-order valence-electron chi connectivity index (χ3n) is 4.98. The molecule has 1 amide bonds. The molecule has 33 heavy (non-hydrogen) atoms. The quantitative estimate of drug-likeness (QED) is 0.331. The Balaban J connectivity index is 1.58. The van der Waals surface area contributed by atoms with Gasteiger partial charge >= 0.3 is 5.97 Å². The van der Waals surface area contributed by atoms with Crippen molar-refractivity contribution in [3.8, 4) is 5.75 Å². The molecule has 2 aromatic heterocycles. The highest BCUT2D eigenvalue weighted by atomic mass is 32.2. The van der Waals surface area contributed by atoms with Crippen LogP contribution in [0.15, 0.2) is 29.4 Å². The molecule has 0 saturated heterocycles. The second-order valence-corrected chi connectivity index (χ2v) is 9.44. The molecule has 1 N–H and O–H groups in total. The summed E-state index contributed by atoms with van der Waals surface area (Å²) in [5, 5.41) is 12.3. The summed E-state index contributed by atoms with van der Waals surface area (Å²) >= 11 is 2.65. The highest BCUT2D eigenvalue weighted by Crippen LogP contribution is 2.30. The minimum absolute atomic E-state index is 0.131. The van der Waals surface area contributed by atoms with E-state index in [1.807, 2.05) is 43.7 Å². The summed E-state index contributed by atoms with van der Waals surface area (Å²) in [4.78, 5) is 25.7. The zero-order valence-corrected chi connectivity index (χ0v) is 21.1. The van der Waals surface area contributed by atoms with Crippen LogP contribution in [0.5, 0.6) is 5.75 Å². The number of anilines is 1. The molecule has 2 heterocycles. The number of nitrogens with zero attached hydrogens (tertiary/aromatic N) is 3. The Labute approximate surface area is 201 Å². The third kappa shape index (κ3) is 6.35. The summed E-state index contributed by atoms with van der Waals surface area (Å²) in [6.07, 6.45) is 0.771. The molecule has 10 heteroatoms. The number of aryl methyl sites for hydroxylation is 3. The van der Waals surface area contributed by atoms with Crippen molar-refractivity contribution < 1.29 is 19.1 Å². The van der Waals surface area contributed by atoms with E-state index in [-0.39, 0.29) is 24.9 Å². The van der Waals surface area contributed by atoms with E-state index in [1.54, 1.807) is 13.0 Å². The van der Waals surface area contributed by atoms with Gasteiger partial charge in [-0.3, -0.25) is 4.79 Å². The number of ether oxygens (including phenoxy) is 2. The van der Waals surface area contributed by atoms with Gasteiger partial charge in [0, 0.05) is 11.9 Å². The van der Waals surface area contributed by atoms with Crippen molar-refractivity contribution in [2.24, 2.45) is 7.05 Å². The lowest BCUT2D eigenvalue weighted by Crippen LogP contribution is -2.16. The fourth-order valence-electron chi connectivity index (χ4n) is 2.91. The van der Waals surface area contributed by atoms with Crippen molar-refractivity contribution in [2.75, 3.05) is 17.7 Å². The van der Waals surface area contributed by atoms with Crippen LogP contribution in [0.2, 0.25) is 0 Å². The minimum Gasteiger partial charge on any atom is -0.486 e. The van der Waals surface area contributed by atoms with Crippen LogP contribution in [0, 0.1) is 13.8 Å². The lowest BCUT2D eigenvalue weighted by Gasteiger charge is -2.08. The van der Waals surface area contributed by atoms with Gasteiger partial charge in [0.25, 0.3) is 0 Å². The molecule has 0 atom stereocenters. The second kappa shape index (κ2) is 11.3. The van der Waals surface area contributed by atoms with Crippen LogP contribution < -0.4 is 10.1 Å². The van der Waals surface area contributed by atoms with E-state index in [1.165, 1.54) is 28.7 Å². The molecule has 0 aliphatic rings. The first-order valence-corrected chi connectivity index (χ1v) is 12.4. The molecule has 0 fully saturated rings. The number of thioether (sulfide) groups is 1. The standard InChI is InChI=1S/C23H28N4O4S2/c1-6-17-11-18(22(29)30-7-2)21(33-17)24-20(28)13-32-23-26-25-19(27(23)5)12-31-16-9-8-14(3)15(4)10-16/h8-11H,6-7,12-13H2,1-5H3,(H,24,28). The zero-order chi connectivity index (χ0) is 24.0. The fourth-order valence-corrected chi connectivity index (χ4v) is 4.64. The summed E-state index contributed by atoms with van der Waals surface area (Å²) in [6.45, 7) is 8.40. The van der Waals surface area contributed by atoms with Gasteiger partial charge in [-0.05, 0) is 56.5 Å². The minimum atomic E-state index is -0.432. The maximum Gasteiger partial charge on any atom is 0.341 e. The Hall–Kier alpha value is -2.85. The zero-order valence-electron chi connectivity index (χ0n) is 19.4. The first-order valence-electron chi connectivity index (χ1n) is 10.6. The number of benzene rings is 1. The first kappa shape index (κ1) is 24.8. The average molecular weight is 489 g/mol. The number of nitrogens with one attached hydrogen (secondary N) is 1. The van der Waals surface area contributed by atoms with Crippen LogP contribution in [0.1, 0.15) is 46.0 Å². The lowest BCUT2D eigenvalue weighted by molar-refractivity contribution is -0.113. The smallest absolute Gasteiger partial charge is 0.341 e. The molecular weight excluding hydrogens is 460 g/mol. The molecule has 1 aromatic carbocycles. The van der Waals surface area contributed by atoms with Crippen molar-refractivity contribution in [3.05, 3.63) is 51.7 Å². The second-order valence-electron chi connectivity index (χ2n) is 7.36. The molecular formula is C23H28N4O4S2. The number of carbonyl (C=O) groups is 2. The molecule has 0 bridgehead atoms. The van der Waals surface area contributed by atoms with E-state index in [0.717, 1.165) is 22.6 Å². The monoisotopic (exact) mass is 488 g/mol. The number of hydrogen-bond acceptors (Lipinski definition) is 8. The predicted octanol–water partition coefficient (Wildman–Crippen LogP) is 4.54. The van der Waals surface area contributed by atoms with Crippen molar-refractivity contribution in [2.45, 2.75) is 45.9 Å². The Kier molecular flexibility index (Phi) is 8.51. The highest BCUT2D eigenvalue weighted by Gasteiger charge is 2.19. The van der Waals surface area contributed by atoms with Crippen molar-refractivity contribution in [3.63, 3.8) is 0 Å². The third-order valence-corrected chi connectivity index (χ3v) is 7.20. The summed E-state index contributed by atoms with van der Waals surface area (Å²) in [5.74, 6) is 0.899. The molecule has 3 rings (SSSR count). The van der Waals surface area contributed by atoms with Gasteiger partial charge in [0.1, 0.15) is 17.4 Å². The Bertz CT molecular complexity index is 1140. The van der Waals surface area contributed by atoms with E-state index in [0.29, 0.717) is 21.5 Å². The molecule has 0 unspecified atom stereocenters. The highest BCUT2D eigenvalue weighted by molar-refractivity contribution is 7.99. The number of esters is 1. The number of amides is 1. The summed E-state index contributed by atoms with van der Waals surface area (Å²) in [7, 11) is 1.84. The van der Waals surface area contributed by atoms with Gasteiger partial charge in [0.2, 0.25) is 5.91 Å². The Morgan fingerprint density at radius 3 is 2.64 bits per heavy atom. The average Bonchev–Trinajstić information content (AvgIpc) is 3.36. The van der Waals surface area contributed by atoms with Crippen LogP contribution in [0.4, 0.5) is 5.00 Å². The SMILES string of the molecule is CCOC(=O)c1cc(CC)sc1NC(=O)CSc1nnc(COc2ccc(C)c(C)c2)n1C. The largest absolute Gasteiger partial charge is 0.486 e. The van der Waals surface area contributed by atoms with Crippen LogP contribution in [0.3, 0.4) is 0 Å². The van der Waals surface area contributed by atoms with Crippen LogP contribution in [-0.2, 0) is 29.6 Å². The fraction of sp³-hybridized carbons (Fsp3) is 0.391. The summed E-state index contributed by atoms with van der Waals surface area (Å²) in [6, 6.07) is 7.71. The van der Waals surface area contributed by atoms with Crippen LogP contribution in [-0.4, -0.2) is 39.0 Å². The molecule has 8 nitrogen and oxygen atoms in total. The number of thiophene rings is 1. The number of hydrogen-bond donors (Lipinski definition) is 1. The van der Waals surface area contributed by atoms with Crippen molar-refractivity contribution >= 4 is 40.0 Å². The van der Waals surface area contributed by atoms with E-state index in [4.69, 9.17) is 9.47 Å². The van der Waals surface area contributed by atoms with Crippen molar-refractivity contribution in [1.29, 1.82) is 0 Å². The molecule has 0 aliphatic carbocycles. The molecule has 176 valence electrons. The normalized spacial score (nSPS) is 10.8. The molecule has 3 aromatic rings. The predicted molar refractivity (Wildman–Crippen MR) is 130 cm³/mol. The van der Waals surface area contributed by atoms with Gasteiger partial charge < -0.3 is 19.4 Å². The molecule has 0 saturated carbocycles. The van der Waals surface area contributed by atoms with Crippen molar-refractivity contribution in [1.82, 2.24) is 14.8 Å². The maximum absolute atomic E-state index is 12.5. The van der Waals surface area contributed by atoms with E-state index >= 15 is 0 Å². The van der Waals surface area contributed by atoms with Gasteiger partial charge in [-0.2, -0.15) is 0 Å².